The normalized spacial score (nSPS) is 23.3. The zero-order valence-corrected chi connectivity index (χ0v) is 15.2. The molecule has 120 valence electrons. The first kappa shape index (κ1) is 16.4. The molecule has 0 saturated carbocycles. The molecule has 2 amide bonds. The molecule has 0 aliphatic carbocycles. The Morgan fingerprint density at radius 1 is 1.29 bits per heavy atom. The molecule has 1 saturated heterocycles. The van der Waals surface area contributed by atoms with Crippen molar-refractivity contribution in [1.29, 1.82) is 0 Å². The van der Waals surface area contributed by atoms with Gasteiger partial charge in [0.25, 0.3) is 0 Å². The first-order chi connectivity index (χ1) is 9.60. The topological polar surface area (TPSA) is 36.0 Å². The van der Waals surface area contributed by atoms with E-state index in [9.17, 15) is 4.79 Å². The Hall–Kier alpha value is -1.01. The van der Waals surface area contributed by atoms with Crippen LogP contribution in [0, 0.1) is 0 Å². The molecule has 2 heterocycles. The van der Waals surface area contributed by atoms with Crippen LogP contribution in [-0.2, 0) is 4.43 Å². The van der Waals surface area contributed by atoms with Crippen molar-refractivity contribution >= 4 is 14.3 Å². The summed E-state index contributed by atoms with van der Waals surface area (Å²) in [6.07, 6.45) is 4.92. The molecule has 0 aromatic rings. The highest BCUT2D eigenvalue weighted by atomic mass is 28.4. The van der Waals surface area contributed by atoms with Crippen LogP contribution >= 0.6 is 0 Å². The SMILES string of the molecule is CN1C=CN(C(=O)N2CC[C@@H](O[Si](C)(C)C(C)(C)C)C2)C1. The van der Waals surface area contributed by atoms with Gasteiger partial charge in [-0.1, -0.05) is 20.8 Å². The van der Waals surface area contributed by atoms with Gasteiger partial charge in [-0.3, -0.25) is 4.90 Å². The number of urea groups is 1. The minimum absolute atomic E-state index is 0.0944. The Labute approximate surface area is 129 Å². The summed E-state index contributed by atoms with van der Waals surface area (Å²) in [6, 6.07) is 0.0944. The predicted molar refractivity (Wildman–Crippen MR) is 87.3 cm³/mol. The van der Waals surface area contributed by atoms with Crippen LogP contribution in [0.3, 0.4) is 0 Å². The molecule has 2 rings (SSSR count). The summed E-state index contributed by atoms with van der Waals surface area (Å²) in [4.78, 5) is 18.1. The van der Waals surface area contributed by atoms with E-state index in [1.165, 1.54) is 0 Å². The van der Waals surface area contributed by atoms with Gasteiger partial charge in [0.15, 0.2) is 8.32 Å². The molecule has 0 aromatic heterocycles. The average Bonchev–Trinajstić information content (AvgIpc) is 2.95. The number of carbonyl (C=O) groups is 1. The van der Waals surface area contributed by atoms with Gasteiger partial charge in [-0.25, -0.2) is 4.79 Å². The maximum Gasteiger partial charge on any atom is 0.325 e. The smallest absolute Gasteiger partial charge is 0.325 e. The van der Waals surface area contributed by atoms with E-state index in [4.69, 9.17) is 4.43 Å². The van der Waals surface area contributed by atoms with Crippen LogP contribution in [0.4, 0.5) is 4.79 Å². The second-order valence-electron chi connectivity index (χ2n) is 7.68. The third-order valence-electron chi connectivity index (χ3n) is 4.81. The van der Waals surface area contributed by atoms with Gasteiger partial charge >= 0.3 is 6.03 Å². The van der Waals surface area contributed by atoms with Gasteiger partial charge in [0.05, 0.1) is 12.8 Å². The molecule has 0 unspecified atom stereocenters. The van der Waals surface area contributed by atoms with Crippen molar-refractivity contribution in [2.75, 3.05) is 26.8 Å². The lowest BCUT2D eigenvalue weighted by Gasteiger charge is -2.38. The fourth-order valence-corrected chi connectivity index (χ4v) is 3.81. The van der Waals surface area contributed by atoms with E-state index in [1.807, 2.05) is 29.2 Å². The van der Waals surface area contributed by atoms with E-state index in [-0.39, 0.29) is 17.2 Å². The van der Waals surface area contributed by atoms with E-state index >= 15 is 0 Å². The van der Waals surface area contributed by atoms with Crippen molar-refractivity contribution in [3.63, 3.8) is 0 Å². The first-order valence-corrected chi connectivity index (χ1v) is 10.6. The van der Waals surface area contributed by atoms with Gasteiger partial charge in [0.2, 0.25) is 0 Å². The lowest BCUT2D eigenvalue weighted by molar-refractivity contribution is 0.156. The van der Waals surface area contributed by atoms with Crippen molar-refractivity contribution in [3.05, 3.63) is 12.4 Å². The molecular formula is C15H29N3O2Si. The van der Waals surface area contributed by atoms with Gasteiger partial charge in [0.1, 0.15) is 0 Å². The lowest BCUT2D eigenvalue weighted by Crippen LogP contribution is -2.45. The number of hydrogen-bond acceptors (Lipinski definition) is 3. The van der Waals surface area contributed by atoms with Crippen LogP contribution in [0.15, 0.2) is 12.4 Å². The Bertz CT molecular complexity index is 431. The molecule has 2 aliphatic rings. The third kappa shape index (κ3) is 3.60. The zero-order valence-electron chi connectivity index (χ0n) is 14.2. The molecule has 5 nitrogen and oxygen atoms in total. The van der Waals surface area contributed by atoms with Gasteiger partial charge in [0, 0.05) is 32.5 Å². The second-order valence-corrected chi connectivity index (χ2v) is 12.4. The summed E-state index contributed by atoms with van der Waals surface area (Å²) < 4.78 is 6.43. The van der Waals surface area contributed by atoms with E-state index in [0.717, 1.165) is 19.5 Å². The number of rotatable bonds is 2. The average molecular weight is 312 g/mol. The van der Waals surface area contributed by atoms with Crippen molar-refractivity contribution in [2.45, 2.75) is 51.4 Å². The minimum atomic E-state index is -1.75. The van der Waals surface area contributed by atoms with Gasteiger partial charge in [-0.2, -0.15) is 0 Å². The number of carbonyl (C=O) groups excluding carboxylic acids is 1. The Kier molecular flexibility index (Phi) is 4.40. The van der Waals surface area contributed by atoms with E-state index in [0.29, 0.717) is 6.67 Å². The highest BCUT2D eigenvalue weighted by Gasteiger charge is 2.41. The molecular weight excluding hydrogens is 282 g/mol. The fraction of sp³-hybridized carbons (Fsp3) is 0.800. The van der Waals surface area contributed by atoms with Crippen LogP contribution in [0.2, 0.25) is 18.1 Å². The zero-order chi connectivity index (χ0) is 15.8. The minimum Gasteiger partial charge on any atom is -0.412 e. The Morgan fingerprint density at radius 3 is 2.48 bits per heavy atom. The van der Waals surface area contributed by atoms with Gasteiger partial charge in [-0.05, 0) is 24.6 Å². The lowest BCUT2D eigenvalue weighted by atomic mass is 10.2. The number of amides is 2. The van der Waals surface area contributed by atoms with Crippen LogP contribution in [0.5, 0.6) is 0 Å². The molecule has 1 fully saturated rings. The van der Waals surface area contributed by atoms with Crippen molar-refractivity contribution in [3.8, 4) is 0 Å². The van der Waals surface area contributed by atoms with Gasteiger partial charge in [-0.15, -0.1) is 0 Å². The molecule has 0 aromatic carbocycles. The third-order valence-corrected chi connectivity index (χ3v) is 9.34. The summed E-state index contributed by atoms with van der Waals surface area (Å²) in [5.74, 6) is 0. The number of likely N-dealkylation sites (tertiary alicyclic amines) is 1. The first-order valence-electron chi connectivity index (χ1n) is 7.72. The summed E-state index contributed by atoms with van der Waals surface area (Å²) in [5, 5.41) is 0.213. The van der Waals surface area contributed by atoms with E-state index < -0.39 is 8.32 Å². The number of hydrogen-bond donors (Lipinski definition) is 0. The van der Waals surface area contributed by atoms with Crippen molar-refractivity contribution in [2.24, 2.45) is 0 Å². The van der Waals surface area contributed by atoms with Crippen LogP contribution in [0.1, 0.15) is 27.2 Å². The molecule has 1 atom stereocenters. The summed E-state index contributed by atoms with van der Waals surface area (Å²) in [6.45, 7) is 13.5. The predicted octanol–water partition coefficient (Wildman–Crippen LogP) is 2.88. The molecule has 0 spiro atoms. The summed E-state index contributed by atoms with van der Waals surface area (Å²) in [5.41, 5.74) is 0. The highest BCUT2D eigenvalue weighted by molar-refractivity contribution is 6.74. The molecule has 6 heteroatoms. The Morgan fingerprint density at radius 2 is 1.95 bits per heavy atom. The quantitative estimate of drug-likeness (QED) is 0.736. The molecule has 0 N–H and O–H groups in total. The maximum absolute atomic E-state index is 12.4. The molecule has 2 aliphatic heterocycles. The second kappa shape index (κ2) is 5.65. The molecule has 0 radical (unpaired) electrons. The molecule has 0 bridgehead atoms. The largest absolute Gasteiger partial charge is 0.412 e. The maximum atomic E-state index is 12.4. The fourth-order valence-electron chi connectivity index (χ4n) is 2.43. The summed E-state index contributed by atoms with van der Waals surface area (Å²) in [7, 11) is 0.219. The van der Waals surface area contributed by atoms with Gasteiger partial charge < -0.3 is 14.2 Å². The Balaban J connectivity index is 1.89. The van der Waals surface area contributed by atoms with E-state index in [1.54, 1.807) is 4.90 Å². The van der Waals surface area contributed by atoms with Crippen molar-refractivity contribution < 1.29 is 9.22 Å². The van der Waals surface area contributed by atoms with Crippen molar-refractivity contribution in [1.82, 2.24) is 14.7 Å². The van der Waals surface area contributed by atoms with Crippen LogP contribution in [-0.4, -0.2) is 62.0 Å². The van der Waals surface area contributed by atoms with Crippen LogP contribution < -0.4 is 0 Å². The highest BCUT2D eigenvalue weighted by Crippen LogP contribution is 2.38. The number of nitrogens with zero attached hydrogens (tertiary/aromatic N) is 3. The summed E-state index contributed by atoms with van der Waals surface area (Å²) >= 11 is 0. The molecule has 21 heavy (non-hydrogen) atoms. The monoisotopic (exact) mass is 311 g/mol. The van der Waals surface area contributed by atoms with E-state index in [2.05, 4.69) is 33.9 Å². The van der Waals surface area contributed by atoms with Crippen LogP contribution in [0.25, 0.3) is 0 Å². The standard InChI is InChI=1S/C15H29N3O2Si/c1-15(2,3)21(5,6)20-13-7-8-17(11-13)14(19)18-10-9-16(4)12-18/h9-10,13H,7-8,11-12H2,1-6H3/t13-/m1/s1.